The van der Waals surface area contributed by atoms with Crippen LogP contribution >= 0.6 is 0 Å². The zero-order valence-electron chi connectivity index (χ0n) is 12.6. The Balaban J connectivity index is 2.27. The number of nitrogens with one attached hydrogen (secondary N) is 1. The second-order valence-electron chi connectivity index (χ2n) is 5.78. The maximum Gasteiger partial charge on any atom is 0.111 e. The van der Waals surface area contributed by atoms with Gasteiger partial charge in [-0.2, -0.15) is 0 Å². The van der Waals surface area contributed by atoms with Gasteiger partial charge in [0.2, 0.25) is 0 Å². The van der Waals surface area contributed by atoms with Gasteiger partial charge in [0.05, 0.1) is 11.0 Å². The standard InChI is InChI=1S/C16H25N3/c1-11(2)12(3)14(17-4)10-16-18-13-8-6-7-9-15(13)19(16)5/h6-9,11-12,14,17H,10H2,1-5H3. The highest BCUT2D eigenvalue weighted by Gasteiger charge is 2.21. The summed E-state index contributed by atoms with van der Waals surface area (Å²) in [4.78, 5) is 4.76. The first-order chi connectivity index (χ1) is 9.04. The Morgan fingerprint density at radius 1 is 1.21 bits per heavy atom. The Labute approximate surface area is 116 Å². The van der Waals surface area contributed by atoms with Crippen LogP contribution in [0.3, 0.4) is 0 Å². The molecule has 3 nitrogen and oxygen atoms in total. The molecule has 0 aliphatic carbocycles. The summed E-state index contributed by atoms with van der Waals surface area (Å²) in [6.45, 7) is 6.88. The molecule has 0 saturated carbocycles. The van der Waals surface area contributed by atoms with Crippen LogP contribution in [0.1, 0.15) is 26.6 Å². The maximum absolute atomic E-state index is 4.76. The van der Waals surface area contributed by atoms with Gasteiger partial charge in [-0.3, -0.25) is 0 Å². The molecule has 3 heteroatoms. The van der Waals surface area contributed by atoms with Crippen molar-refractivity contribution in [3.63, 3.8) is 0 Å². The highest BCUT2D eigenvalue weighted by molar-refractivity contribution is 5.75. The van der Waals surface area contributed by atoms with Crippen LogP contribution in [0, 0.1) is 11.8 Å². The van der Waals surface area contributed by atoms with Crippen molar-refractivity contribution in [2.45, 2.75) is 33.2 Å². The molecule has 0 bridgehead atoms. The van der Waals surface area contributed by atoms with Crippen LogP contribution in [0.4, 0.5) is 0 Å². The first-order valence-electron chi connectivity index (χ1n) is 7.12. The number of rotatable bonds is 5. The highest BCUT2D eigenvalue weighted by atomic mass is 15.1. The van der Waals surface area contributed by atoms with E-state index in [9.17, 15) is 0 Å². The summed E-state index contributed by atoms with van der Waals surface area (Å²) in [5.74, 6) is 2.46. The van der Waals surface area contributed by atoms with Crippen molar-refractivity contribution >= 4 is 11.0 Å². The van der Waals surface area contributed by atoms with Gasteiger partial charge < -0.3 is 9.88 Å². The van der Waals surface area contributed by atoms with Crippen LogP contribution in [0.15, 0.2) is 24.3 Å². The Morgan fingerprint density at radius 2 is 1.89 bits per heavy atom. The van der Waals surface area contributed by atoms with Crippen LogP contribution in [0.2, 0.25) is 0 Å². The summed E-state index contributed by atoms with van der Waals surface area (Å²) in [6, 6.07) is 8.80. The van der Waals surface area contributed by atoms with Crippen molar-refractivity contribution in [1.29, 1.82) is 0 Å². The van der Waals surface area contributed by atoms with Crippen molar-refractivity contribution in [3.8, 4) is 0 Å². The maximum atomic E-state index is 4.76. The predicted molar refractivity (Wildman–Crippen MR) is 81.3 cm³/mol. The van der Waals surface area contributed by atoms with Gasteiger partial charge in [-0.05, 0) is 31.0 Å². The molecule has 2 atom stereocenters. The number of hydrogen-bond donors (Lipinski definition) is 1. The Bertz CT molecular complexity index is 542. The molecule has 2 rings (SSSR count). The minimum atomic E-state index is 0.468. The average molecular weight is 259 g/mol. The molecule has 0 spiro atoms. The predicted octanol–water partition coefficient (Wildman–Crippen LogP) is 3.00. The van der Waals surface area contributed by atoms with Crippen LogP contribution in [-0.4, -0.2) is 22.6 Å². The summed E-state index contributed by atoms with van der Waals surface area (Å²) in [5.41, 5.74) is 2.30. The van der Waals surface area contributed by atoms with Crippen molar-refractivity contribution in [1.82, 2.24) is 14.9 Å². The lowest BCUT2D eigenvalue weighted by Gasteiger charge is -2.26. The molecule has 19 heavy (non-hydrogen) atoms. The number of likely N-dealkylation sites (N-methyl/N-ethyl adjacent to an activating group) is 1. The molecule has 0 fully saturated rings. The first kappa shape index (κ1) is 14.1. The van der Waals surface area contributed by atoms with Gasteiger partial charge in [0.25, 0.3) is 0 Å². The van der Waals surface area contributed by atoms with Gasteiger partial charge >= 0.3 is 0 Å². The molecule has 0 saturated heterocycles. The Morgan fingerprint density at radius 3 is 2.47 bits per heavy atom. The van der Waals surface area contributed by atoms with Crippen LogP contribution in [0.25, 0.3) is 11.0 Å². The van der Waals surface area contributed by atoms with Crippen LogP contribution in [-0.2, 0) is 13.5 Å². The number of aryl methyl sites for hydroxylation is 1. The van der Waals surface area contributed by atoms with Gasteiger partial charge in [0, 0.05) is 19.5 Å². The monoisotopic (exact) mass is 259 g/mol. The summed E-state index contributed by atoms with van der Waals surface area (Å²) in [7, 11) is 4.16. The molecular weight excluding hydrogens is 234 g/mol. The number of imidazole rings is 1. The molecule has 2 unspecified atom stereocenters. The van der Waals surface area contributed by atoms with E-state index in [1.807, 2.05) is 13.1 Å². The molecular formula is C16H25N3. The van der Waals surface area contributed by atoms with E-state index < -0.39 is 0 Å². The zero-order chi connectivity index (χ0) is 14.0. The number of benzene rings is 1. The fourth-order valence-corrected chi connectivity index (χ4v) is 2.59. The fraction of sp³-hybridized carbons (Fsp3) is 0.562. The van der Waals surface area contributed by atoms with E-state index in [0.717, 1.165) is 17.8 Å². The fourth-order valence-electron chi connectivity index (χ4n) is 2.59. The van der Waals surface area contributed by atoms with Crippen molar-refractivity contribution in [2.75, 3.05) is 7.05 Å². The molecule has 0 amide bonds. The molecule has 0 radical (unpaired) electrons. The third kappa shape index (κ3) is 2.81. The second-order valence-corrected chi connectivity index (χ2v) is 5.78. The second kappa shape index (κ2) is 5.74. The summed E-state index contributed by atoms with van der Waals surface area (Å²) >= 11 is 0. The molecule has 104 valence electrons. The summed E-state index contributed by atoms with van der Waals surface area (Å²) in [6.07, 6.45) is 0.973. The molecule has 1 aromatic heterocycles. The minimum Gasteiger partial charge on any atom is -0.331 e. The Hall–Kier alpha value is -1.35. The smallest absolute Gasteiger partial charge is 0.111 e. The molecule has 2 aromatic rings. The SMILES string of the molecule is CNC(Cc1nc2ccccc2n1C)C(C)C(C)C. The van der Waals surface area contributed by atoms with Gasteiger partial charge in [0.15, 0.2) is 0 Å². The summed E-state index contributed by atoms with van der Waals surface area (Å²) < 4.78 is 2.22. The topological polar surface area (TPSA) is 29.9 Å². The molecule has 1 heterocycles. The molecule has 1 aromatic carbocycles. The van der Waals surface area contributed by atoms with E-state index in [2.05, 4.69) is 55.9 Å². The van der Waals surface area contributed by atoms with E-state index in [0.29, 0.717) is 17.9 Å². The van der Waals surface area contributed by atoms with Crippen LogP contribution in [0.5, 0.6) is 0 Å². The Kier molecular flexibility index (Phi) is 4.25. The van der Waals surface area contributed by atoms with E-state index in [1.165, 1.54) is 5.52 Å². The molecule has 1 N–H and O–H groups in total. The van der Waals surface area contributed by atoms with E-state index >= 15 is 0 Å². The number of hydrogen-bond acceptors (Lipinski definition) is 2. The lowest BCUT2D eigenvalue weighted by Crippen LogP contribution is -2.37. The molecule has 0 aliphatic rings. The average Bonchev–Trinajstić information content (AvgIpc) is 2.72. The minimum absolute atomic E-state index is 0.468. The third-order valence-electron chi connectivity index (χ3n) is 4.34. The normalized spacial score (nSPS) is 15.1. The van der Waals surface area contributed by atoms with E-state index in [1.54, 1.807) is 0 Å². The number of para-hydroxylation sites is 2. The lowest BCUT2D eigenvalue weighted by molar-refractivity contribution is 0.305. The zero-order valence-corrected chi connectivity index (χ0v) is 12.6. The van der Waals surface area contributed by atoms with Gasteiger partial charge in [-0.1, -0.05) is 32.9 Å². The van der Waals surface area contributed by atoms with E-state index in [4.69, 9.17) is 4.98 Å². The van der Waals surface area contributed by atoms with Crippen molar-refractivity contribution < 1.29 is 0 Å². The van der Waals surface area contributed by atoms with Crippen LogP contribution < -0.4 is 5.32 Å². The van der Waals surface area contributed by atoms with Gasteiger partial charge in [0.1, 0.15) is 5.82 Å². The first-order valence-corrected chi connectivity index (χ1v) is 7.12. The quantitative estimate of drug-likeness (QED) is 0.894. The van der Waals surface area contributed by atoms with Gasteiger partial charge in [-0.15, -0.1) is 0 Å². The number of aromatic nitrogens is 2. The third-order valence-corrected chi connectivity index (χ3v) is 4.34. The van der Waals surface area contributed by atoms with Crippen molar-refractivity contribution in [2.24, 2.45) is 18.9 Å². The summed E-state index contributed by atoms with van der Waals surface area (Å²) in [5, 5.41) is 3.45. The number of fused-ring (bicyclic) bond motifs is 1. The highest BCUT2D eigenvalue weighted by Crippen LogP contribution is 2.20. The lowest BCUT2D eigenvalue weighted by atomic mass is 9.88. The molecule has 0 aliphatic heterocycles. The van der Waals surface area contributed by atoms with E-state index in [-0.39, 0.29) is 0 Å². The van der Waals surface area contributed by atoms with Crippen molar-refractivity contribution in [3.05, 3.63) is 30.1 Å². The largest absolute Gasteiger partial charge is 0.331 e. The number of nitrogens with zero attached hydrogens (tertiary/aromatic N) is 2. The van der Waals surface area contributed by atoms with Gasteiger partial charge in [-0.25, -0.2) is 4.98 Å².